The summed E-state index contributed by atoms with van der Waals surface area (Å²) in [6.45, 7) is 0.398. The van der Waals surface area contributed by atoms with Gasteiger partial charge in [0.2, 0.25) is 0 Å². The number of nitrogens with one attached hydrogen (secondary N) is 1. The quantitative estimate of drug-likeness (QED) is 0.781. The molecule has 1 aromatic carbocycles. The van der Waals surface area contributed by atoms with Crippen LogP contribution in [0.15, 0.2) is 55.5 Å². The molecule has 4 rings (SSSR count). The number of carbonyl (C=O) groups is 1. The number of para-hydroxylation sites is 1. The lowest BCUT2D eigenvalue weighted by Gasteiger charge is -2.13. The molecular weight excluding hydrogens is 318 g/mol. The van der Waals surface area contributed by atoms with Gasteiger partial charge in [-0.3, -0.25) is 9.78 Å². The number of rotatable bonds is 4. The Hall–Kier alpha value is -3.35. The van der Waals surface area contributed by atoms with Crippen LogP contribution in [0.1, 0.15) is 16.1 Å². The SMILES string of the molecule is O=C(NCC1Cc2cccc(-c3cncnc3)c2O1)c1cnccn1. The Morgan fingerprint density at radius 1 is 1.16 bits per heavy atom. The number of hydrogen-bond acceptors (Lipinski definition) is 6. The average molecular weight is 333 g/mol. The smallest absolute Gasteiger partial charge is 0.271 e. The van der Waals surface area contributed by atoms with Crippen molar-refractivity contribution in [2.75, 3.05) is 6.54 Å². The van der Waals surface area contributed by atoms with E-state index >= 15 is 0 Å². The minimum absolute atomic E-state index is 0.124. The van der Waals surface area contributed by atoms with E-state index in [4.69, 9.17) is 4.74 Å². The van der Waals surface area contributed by atoms with Crippen LogP contribution in [-0.2, 0) is 6.42 Å². The molecule has 1 amide bonds. The minimum Gasteiger partial charge on any atom is -0.487 e. The molecule has 25 heavy (non-hydrogen) atoms. The number of aromatic nitrogens is 4. The molecule has 1 atom stereocenters. The van der Waals surface area contributed by atoms with E-state index in [1.54, 1.807) is 12.4 Å². The van der Waals surface area contributed by atoms with Crippen LogP contribution in [0, 0.1) is 0 Å². The third-order valence-electron chi connectivity index (χ3n) is 3.99. The fourth-order valence-corrected chi connectivity index (χ4v) is 2.83. The van der Waals surface area contributed by atoms with Gasteiger partial charge in [-0.05, 0) is 5.56 Å². The number of nitrogens with zero attached hydrogens (tertiary/aromatic N) is 4. The lowest BCUT2D eigenvalue weighted by molar-refractivity contribution is 0.0928. The molecule has 0 bridgehead atoms. The summed E-state index contributed by atoms with van der Waals surface area (Å²) in [7, 11) is 0. The number of hydrogen-bond donors (Lipinski definition) is 1. The summed E-state index contributed by atoms with van der Waals surface area (Å²) >= 11 is 0. The van der Waals surface area contributed by atoms with Crippen molar-refractivity contribution in [1.82, 2.24) is 25.3 Å². The van der Waals surface area contributed by atoms with Crippen LogP contribution in [0.2, 0.25) is 0 Å². The van der Waals surface area contributed by atoms with Crippen molar-refractivity contribution in [3.8, 4) is 16.9 Å². The summed E-state index contributed by atoms with van der Waals surface area (Å²) in [5, 5.41) is 2.84. The average Bonchev–Trinajstić information content (AvgIpc) is 3.10. The molecule has 1 unspecified atom stereocenters. The van der Waals surface area contributed by atoms with Crippen LogP contribution in [-0.4, -0.2) is 38.5 Å². The largest absolute Gasteiger partial charge is 0.487 e. The molecule has 3 heterocycles. The highest BCUT2D eigenvalue weighted by atomic mass is 16.5. The zero-order valence-electron chi connectivity index (χ0n) is 13.3. The molecule has 7 heteroatoms. The highest BCUT2D eigenvalue weighted by Gasteiger charge is 2.26. The monoisotopic (exact) mass is 333 g/mol. The zero-order valence-corrected chi connectivity index (χ0v) is 13.3. The van der Waals surface area contributed by atoms with Crippen LogP contribution < -0.4 is 10.1 Å². The molecule has 0 radical (unpaired) electrons. The molecule has 7 nitrogen and oxygen atoms in total. The Bertz CT molecular complexity index is 886. The van der Waals surface area contributed by atoms with Gasteiger partial charge in [0.15, 0.2) is 0 Å². The first-order valence-corrected chi connectivity index (χ1v) is 7.89. The number of amides is 1. The molecule has 0 aliphatic carbocycles. The Morgan fingerprint density at radius 3 is 2.84 bits per heavy atom. The summed E-state index contributed by atoms with van der Waals surface area (Å²) < 4.78 is 6.07. The highest BCUT2D eigenvalue weighted by molar-refractivity contribution is 5.91. The van der Waals surface area contributed by atoms with E-state index < -0.39 is 0 Å². The fourth-order valence-electron chi connectivity index (χ4n) is 2.83. The lowest BCUT2D eigenvalue weighted by atomic mass is 10.0. The molecule has 0 fully saturated rings. The van der Waals surface area contributed by atoms with E-state index in [0.717, 1.165) is 28.9 Å². The standard InChI is InChI=1S/C18H15N5O2/c24-18(16-10-19-4-5-22-16)23-9-14-6-12-2-1-3-15(17(12)25-14)13-7-20-11-21-8-13/h1-5,7-8,10-11,14H,6,9H2,(H,23,24). The van der Waals surface area contributed by atoms with Crippen molar-refractivity contribution < 1.29 is 9.53 Å². The van der Waals surface area contributed by atoms with Gasteiger partial charge in [-0.15, -0.1) is 0 Å². The van der Waals surface area contributed by atoms with Gasteiger partial charge in [0.1, 0.15) is 23.9 Å². The van der Waals surface area contributed by atoms with E-state index in [2.05, 4.69) is 25.3 Å². The van der Waals surface area contributed by atoms with E-state index in [1.807, 2.05) is 18.2 Å². The number of carbonyl (C=O) groups excluding carboxylic acids is 1. The van der Waals surface area contributed by atoms with Crippen molar-refractivity contribution in [2.45, 2.75) is 12.5 Å². The first-order chi connectivity index (χ1) is 12.3. The molecule has 2 aromatic heterocycles. The van der Waals surface area contributed by atoms with Gasteiger partial charge in [0, 0.05) is 42.3 Å². The second kappa shape index (κ2) is 6.64. The van der Waals surface area contributed by atoms with Gasteiger partial charge in [0.25, 0.3) is 5.91 Å². The summed E-state index contributed by atoms with van der Waals surface area (Å²) in [5.74, 6) is 0.570. The Morgan fingerprint density at radius 2 is 2.04 bits per heavy atom. The van der Waals surface area contributed by atoms with E-state index in [0.29, 0.717) is 12.2 Å². The number of fused-ring (bicyclic) bond motifs is 1. The molecule has 0 saturated heterocycles. The Kier molecular flexibility index (Phi) is 4.04. The zero-order chi connectivity index (χ0) is 17.1. The van der Waals surface area contributed by atoms with E-state index in [9.17, 15) is 4.79 Å². The molecule has 1 aliphatic heterocycles. The van der Waals surface area contributed by atoms with Crippen LogP contribution in [0.25, 0.3) is 11.1 Å². The predicted octanol–water partition coefficient (Wildman–Crippen LogP) is 1.67. The second-order valence-corrected chi connectivity index (χ2v) is 5.67. The first kappa shape index (κ1) is 15.2. The molecule has 1 N–H and O–H groups in total. The van der Waals surface area contributed by atoms with Crippen molar-refractivity contribution in [3.63, 3.8) is 0 Å². The second-order valence-electron chi connectivity index (χ2n) is 5.67. The maximum atomic E-state index is 12.1. The maximum absolute atomic E-state index is 12.1. The lowest BCUT2D eigenvalue weighted by Crippen LogP contribution is -2.34. The van der Waals surface area contributed by atoms with Gasteiger partial charge in [-0.2, -0.15) is 0 Å². The van der Waals surface area contributed by atoms with E-state index in [1.165, 1.54) is 24.9 Å². The Labute approximate surface area is 144 Å². The topological polar surface area (TPSA) is 89.9 Å². The molecule has 0 spiro atoms. The predicted molar refractivity (Wildman–Crippen MR) is 90.0 cm³/mol. The van der Waals surface area contributed by atoms with Crippen LogP contribution in [0.5, 0.6) is 5.75 Å². The summed E-state index contributed by atoms with van der Waals surface area (Å²) in [6, 6.07) is 6.01. The van der Waals surface area contributed by atoms with Gasteiger partial charge in [-0.25, -0.2) is 15.0 Å². The highest BCUT2D eigenvalue weighted by Crippen LogP contribution is 2.38. The van der Waals surface area contributed by atoms with Gasteiger partial charge >= 0.3 is 0 Å². The summed E-state index contributed by atoms with van der Waals surface area (Å²) in [6.07, 6.45) is 10.1. The maximum Gasteiger partial charge on any atom is 0.271 e. The van der Waals surface area contributed by atoms with Crippen LogP contribution in [0.4, 0.5) is 0 Å². The molecule has 1 aliphatic rings. The van der Waals surface area contributed by atoms with Crippen molar-refractivity contribution in [2.24, 2.45) is 0 Å². The molecule has 124 valence electrons. The number of ether oxygens (including phenoxy) is 1. The minimum atomic E-state index is -0.260. The third kappa shape index (κ3) is 3.16. The fraction of sp³-hybridized carbons (Fsp3) is 0.167. The van der Waals surface area contributed by atoms with E-state index in [-0.39, 0.29) is 12.0 Å². The van der Waals surface area contributed by atoms with Crippen LogP contribution in [0.3, 0.4) is 0 Å². The summed E-state index contributed by atoms with van der Waals surface area (Å²) in [5.41, 5.74) is 3.27. The normalized spacial score (nSPS) is 15.3. The first-order valence-electron chi connectivity index (χ1n) is 7.89. The number of benzene rings is 1. The van der Waals surface area contributed by atoms with Gasteiger partial charge in [0.05, 0.1) is 12.7 Å². The molecular formula is C18H15N5O2. The Balaban J connectivity index is 1.46. The van der Waals surface area contributed by atoms with Crippen molar-refractivity contribution in [3.05, 3.63) is 66.8 Å². The third-order valence-corrected chi connectivity index (χ3v) is 3.99. The van der Waals surface area contributed by atoms with Gasteiger partial charge in [-0.1, -0.05) is 18.2 Å². The van der Waals surface area contributed by atoms with Crippen molar-refractivity contribution >= 4 is 5.91 Å². The van der Waals surface area contributed by atoms with Gasteiger partial charge < -0.3 is 10.1 Å². The van der Waals surface area contributed by atoms with Crippen molar-refractivity contribution in [1.29, 1.82) is 0 Å². The van der Waals surface area contributed by atoms with Crippen LogP contribution >= 0.6 is 0 Å². The molecule has 3 aromatic rings. The summed E-state index contributed by atoms with van der Waals surface area (Å²) in [4.78, 5) is 28.1. The molecule has 0 saturated carbocycles.